The maximum absolute atomic E-state index is 11.0. The number of nitrogens with one attached hydrogen (secondary N) is 1. The van der Waals surface area contributed by atoms with Gasteiger partial charge in [0.25, 0.3) is 0 Å². The van der Waals surface area contributed by atoms with E-state index in [9.17, 15) is 14.4 Å². The van der Waals surface area contributed by atoms with E-state index in [0.29, 0.717) is 6.29 Å². The molecule has 86 valence electrons. The Morgan fingerprint density at radius 3 is 2.00 bits per heavy atom. The van der Waals surface area contributed by atoms with Crippen molar-refractivity contribution < 1.29 is 19.5 Å². The number of amides is 1. The number of hydrogen-bond acceptors (Lipinski definition) is 3. The van der Waals surface area contributed by atoms with Crippen LogP contribution in [-0.4, -0.2) is 29.3 Å². The number of aldehydes is 1. The van der Waals surface area contributed by atoms with E-state index in [1.54, 1.807) is 20.8 Å². The van der Waals surface area contributed by atoms with Crippen LogP contribution in [0.3, 0.4) is 0 Å². The molecule has 0 radical (unpaired) electrons. The van der Waals surface area contributed by atoms with Crippen LogP contribution in [0.15, 0.2) is 0 Å². The Morgan fingerprint density at radius 2 is 1.80 bits per heavy atom. The van der Waals surface area contributed by atoms with Gasteiger partial charge in [0.15, 0.2) is 0 Å². The number of hydrogen-bond donors (Lipinski definition) is 2. The highest BCUT2D eigenvalue weighted by Gasteiger charge is 2.38. The van der Waals surface area contributed by atoms with Crippen molar-refractivity contribution in [1.82, 2.24) is 5.32 Å². The summed E-state index contributed by atoms with van der Waals surface area (Å²) in [4.78, 5) is 32.6. The predicted octanol–water partition coefficient (Wildman–Crippen LogP) is 0.437. The van der Waals surface area contributed by atoms with Gasteiger partial charge in [-0.05, 0) is 5.41 Å². The van der Waals surface area contributed by atoms with Gasteiger partial charge in [-0.2, -0.15) is 0 Å². The summed E-state index contributed by atoms with van der Waals surface area (Å²) in [5.74, 6) is -2.44. The highest BCUT2D eigenvalue weighted by molar-refractivity contribution is 5.82. The van der Waals surface area contributed by atoms with Gasteiger partial charge in [-0.1, -0.05) is 20.8 Å². The highest BCUT2D eigenvalue weighted by Crippen LogP contribution is 2.28. The second-order valence-corrected chi connectivity index (χ2v) is 4.54. The summed E-state index contributed by atoms with van der Waals surface area (Å²) in [6.45, 7) is 6.39. The van der Waals surface area contributed by atoms with E-state index in [1.807, 2.05) is 0 Å². The molecular weight excluding hydrogens is 198 g/mol. The zero-order valence-corrected chi connectivity index (χ0v) is 9.40. The number of rotatable bonds is 4. The first kappa shape index (κ1) is 13.6. The van der Waals surface area contributed by atoms with Gasteiger partial charge >= 0.3 is 5.97 Å². The molecule has 0 heterocycles. The van der Waals surface area contributed by atoms with Crippen LogP contribution in [0.25, 0.3) is 0 Å². The lowest BCUT2D eigenvalue weighted by Gasteiger charge is -2.31. The minimum absolute atomic E-state index is 0.414. The van der Waals surface area contributed by atoms with E-state index in [2.05, 4.69) is 5.32 Å². The minimum atomic E-state index is -1.09. The van der Waals surface area contributed by atoms with Crippen molar-refractivity contribution in [1.29, 1.82) is 0 Å². The summed E-state index contributed by atoms with van der Waals surface area (Å²) in [6.07, 6.45) is 0.464. The van der Waals surface area contributed by atoms with E-state index in [4.69, 9.17) is 5.11 Å². The maximum Gasteiger partial charge on any atom is 0.309 e. The first-order valence-electron chi connectivity index (χ1n) is 4.65. The molecule has 0 aromatic rings. The molecule has 1 amide bonds. The zero-order valence-electron chi connectivity index (χ0n) is 9.40. The molecule has 0 aliphatic carbocycles. The van der Waals surface area contributed by atoms with Gasteiger partial charge in [-0.25, -0.2) is 0 Å². The number of aliphatic carboxylic acids is 1. The van der Waals surface area contributed by atoms with Crippen molar-refractivity contribution >= 4 is 18.2 Å². The second-order valence-electron chi connectivity index (χ2n) is 4.54. The molecule has 0 bridgehead atoms. The van der Waals surface area contributed by atoms with Crippen molar-refractivity contribution in [2.45, 2.75) is 33.7 Å². The summed E-state index contributed by atoms with van der Waals surface area (Å²) >= 11 is 0. The molecule has 0 saturated carbocycles. The van der Waals surface area contributed by atoms with Crippen LogP contribution in [0.4, 0.5) is 0 Å². The van der Waals surface area contributed by atoms with Gasteiger partial charge in [-0.15, -0.1) is 0 Å². The van der Waals surface area contributed by atoms with Crippen LogP contribution in [0.1, 0.15) is 27.7 Å². The molecule has 0 aliphatic rings. The van der Waals surface area contributed by atoms with E-state index in [0.717, 1.165) is 0 Å². The summed E-state index contributed by atoms with van der Waals surface area (Å²) in [5, 5.41) is 11.3. The number of carbonyl (C=O) groups excluding carboxylic acids is 2. The maximum atomic E-state index is 11.0. The van der Waals surface area contributed by atoms with Crippen molar-refractivity contribution in [2.75, 3.05) is 0 Å². The van der Waals surface area contributed by atoms with E-state index in [-0.39, 0.29) is 0 Å². The quantitative estimate of drug-likeness (QED) is 0.666. The number of carboxylic acids is 1. The van der Waals surface area contributed by atoms with E-state index >= 15 is 0 Å². The van der Waals surface area contributed by atoms with Crippen molar-refractivity contribution in [3.05, 3.63) is 0 Å². The topological polar surface area (TPSA) is 83.5 Å². The smallest absolute Gasteiger partial charge is 0.309 e. The highest BCUT2D eigenvalue weighted by atomic mass is 16.4. The van der Waals surface area contributed by atoms with E-state index < -0.39 is 29.3 Å². The fourth-order valence-corrected chi connectivity index (χ4v) is 1.49. The van der Waals surface area contributed by atoms with Gasteiger partial charge in [-0.3, -0.25) is 9.59 Å². The van der Waals surface area contributed by atoms with E-state index in [1.165, 1.54) is 6.92 Å². The number of carbonyl (C=O) groups is 3. The Bertz CT molecular complexity index is 267. The largest absolute Gasteiger partial charge is 0.481 e. The Kier molecular flexibility index (Phi) is 4.45. The molecule has 0 aromatic heterocycles. The molecule has 0 aromatic carbocycles. The first-order valence-corrected chi connectivity index (χ1v) is 4.65. The van der Waals surface area contributed by atoms with Crippen LogP contribution >= 0.6 is 0 Å². The molecule has 5 nitrogen and oxygen atoms in total. The third-order valence-electron chi connectivity index (χ3n) is 2.07. The van der Waals surface area contributed by atoms with Gasteiger partial charge in [0.05, 0.1) is 12.0 Å². The van der Waals surface area contributed by atoms with Gasteiger partial charge in [0.2, 0.25) is 5.91 Å². The normalized spacial score (nSPS) is 15.2. The van der Waals surface area contributed by atoms with Crippen LogP contribution in [0.2, 0.25) is 0 Å². The summed E-state index contributed by atoms with van der Waals surface area (Å²) in [7, 11) is 0. The first-order chi connectivity index (χ1) is 6.70. The summed E-state index contributed by atoms with van der Waals surface area (Å²) in [5.41, 5.74) is -0.597. The van der Waals surface area contributed by atoms with Crippen molar-refractivity contribution in [3.8, 4) is 0 Å². The van der Waals surface area contributed by atoms with Crippen LogP contribution < -0.4 is 5.32 Å². The Morgan fingerprint density at radius 1 is 1.33 bits per heavy atom. The molecule has 2 atom stereocenters. The molecule has 15 heavy (non-hydrogen) atoms. The molecule has 0 rings (SSSR count). The molecule has 0 spiro atoms. The summed E-state index contributed by atoms with van der Waals surface area (Å²) < 4.78 is 0. The second kappa shape index (κ2) is 4.91. The Balaban J connectivity index is 4.95. The molecule has 5 heteroatoms. The van der Waals surface area contributed by atoms with Crippen LogP contribution in [-0.2, 0) is 14.4 Å². The fraction of sp³-hybridized carbons (Fsp3) is 0.700. The van der Waals surface area contributed by atoms with Gasteiger partial charge in [0, 0.05) is 6.92 Å². The van der Waals surface area contributed by atoms with Crippen LogP contribution in [0, 0.1) is 11.3 Å². The Hall–Kier alpha value is -1.39. The lowest BCUT2D eigenvalue weighted by molar-refractivity contribution is -0.148. The van der Waals surface area contributed by atoms with Crippen molar-refractivity contribution in [3.63, 3.8) is 0 Å². The third-order valence-corrected chi connectivity index (χ3v) is 2.07. The van der Waals surface area contributed by atoms with Gasteiger partial charge < -0.3 is 15.2 Å². The molecular formula is C10H17NO4. The zero-order chi connectivity index (χ0) is 12.2. The minimum Gasteiger partial charge on any atom is -0.481 e. The Labute approximate surface area is 88.9 Å². The molecule has 1 unspecified atom stereocenters. The molecule has 2 N–H and O–H groups in total. The fourth-order valence-electron chi connectivity index (χ4n) is 1.49. The summed E-state index contributed by atoms with van der Waals surface area (Å²) in [6, 6.07) is -0.986. The lowest BCUT2D eigenvalue weighted by Crippen LogP contribution is -2.48. The molecule has 0 fully saturated rings. The number of carboxylic acid groups (broad SMARTS) is 1. The monoisotopic (exact) mass is 215 g/mol. The van der Waals surface area contributed by atoms with Gasteiger partial charge in [0.1, 0.15) is 6.29 Å². The molecule has 0 aliphatic heterocycles. The third kappa shape index (κ3) is 4.10. The van der Waals surface area contributed by atoms with Crippen LogP contribution in [0.5, 0.6) is 0 Å². The van der Waals surface area contributed by atoms with Crippen molar-refractivity contribution in [2.24, 2.45) is 11.3 Å². The average molecular weight is 215 g/mol. The molecule has 0 saturated heterocycles. The average Bonchev–Trinajstić information content (AvgIpc) is 1.98. The SMILES string of the molecule is CC(=O)N[C@H](C=O)C(C(=O)O)C(C)(C)C. The predicted molar refractivity (Wildman–Crippen MR) is 54.2 cm³/mol. The standard InChI is InChI=1S/C10H17NO4/c1-6(13)11-7(5-12)8(9(14)15)10(2,3)4/h5,7-8H,1-4H3,(H,11,13)(H,14,15)/t7-,8?/m1/s1. The lowest BCUT2D eigenvalue weighted by atomic mass is 9.76.